The molecule has 0 aromatic carbocycles. The number of hydrogen-bond acceptors (Lipinski definition) is 2. The monoisotopic (exact) mass is 106 g/mol. The molecule has 8 heavy (non-hydrogen) atoms. The van der Waals surface area contributed by atoms with Gasteiger partial charge in [0.1, 0.15) is 19.2 Å². The van der Waals surface area contributed by atoms with Crippen LogP contribution in [0, 0.1) is 18.9 Å². The zero-order chi connectivity index (χ0) is 5.82. The van der Waals surface area contributed by atoms with Crippen molar-refractivity contribution in [2.24, 2.45) is 0 Å². The molecular weight excluding hydrogens is 102 g/mol. The summed E-state index contributed by atoms with van der Waals surface area (Å²) in [5.41, 5.74) is 0. The van der Waals surface area contributed by atoms with Crippen molar-refractivity contribution in [2.45, 2.75) is 0 Å². The third kappa shape index (κ3) is 0.850. The fraction of sp³-hybridized carbons (Fsp3) is 0. The van der Waals surface area contributed by atoms with Crippen LogP contribution in [0.3, 0.4) is 0 Å². The fourth-order valence-corrected chi connectivity index (χ4v) is 0.360. The zero-order valence-electron chi connectivity index (χ0n) is 4.15. The van der Waals surface area contributed by atoms with E-state index in [2.05, 4.69) is 16.0 Å². The minimum atomic E-state index is 1.42. The SMILES string of the molecule is C#C[CH]n1cncn1. The lowest BCUT2D eigenvalue weighted by Crippen LogP contribution is -1.90. The predicted octanol–water partition coefficient (Wildman–Crippen LogP) is -0.0788. The molecule has 0 fully saturated rings. The molecule has 0 amide bonds. The first-order valence-corrected chi connectivity index (χ1v) is 2.07. The molecule has 1 aromatic rings. The van der Waals surface area contributed by atoms with Crippen LogP contribution in [0.1, 0.15) is 0 Å². The highest BCUT2D eigenvalue weighted by Crippen LogP contribution is 1.77. The van der Waals surface area contributed by atoms with Crippen molar-refractivity contribution in [2.75, 3.05) is 0 Å². The Hall–Kier alpha value is -1.30. The molecule has 39 valence electrons. The molecular formula is C5H4N3. The van der Waals surface area contributed by atoms with Gasteiger partial charge in [-0.05, 0) is 0 Å². The van der Waals surface area contributed by atoms with Crippen LogP contribution in [-0.2, 0) is 0 Å². The van der Waals surface area contributed by atoms with Gasteiger partial charge in [-0.25, -0.2) is 9.67 Å². The van der Waals surface area contributed by atoms with Crippen molar-refractivity contribution >= 4 is 0 Å². The van der Waals surface area contributed by atoms with E-state index >= 15 is 0 Å². The maximum Gasteiger partial charge on any atom is 0.147 e. The van der Waals surface area contributed by atoms with Crippen LogP contribution in [0.15, 0.2) is 12.7 Å². The van der Waals surface area contributed by atoms with Crippen LogP contribution in [0.5, 0.6) is 0 Å². The van der Waals surface area contributed by atoms with Crippen LogP contribution in [0.25, 0.3) is 0 Å². The van der Waals surface area contributed by atoms with E-state index in [1.165, 1.54) is 23.9 Å². The molecule has 0 unspecified atom stereocenters. The third-order valence-corrected chi connectivity index (χ3v) is 0.643. The average molecular weight is 106 g/mol. The maximum atomic E-state index is 4.93. The second-order valence-electron chi connectivity index (χ2n) is 1.17. The van der Waals surface area contributed by atoms with Crippen molar-refractivity contribution in [3.8, 4) is 12.3 Å². The molecule has 0 saturated carbocycles. The standard InChI is InChI=1S/C5H4N3/c1-2-3-8-5-6-4-7-8/h1,3-5H. The average Bonchev–Trinajstić information content (AvgIpc) is 2.19. The van der Waals surface area contributed by atoms with E-state index in [4.69, 9.17) is 6.42 Å². The van der Waals surface area contributed by atoms with Gasteiger partial charge in [0.2, 0.25) is 0 Å². The Kier molecular flexibility index (Phi) is 1.29. The van der Waals surface area contributed by atoms with Crippen LogP contribution in [0.2, 0.25) is 0 Å². The van der Waals surface area contributed by atoms with E-state index in [1.807, 2.05) is 0 Å². The summed E-state index contributed by atoms with van der Waals surface area (Å²) in [6.45, 7) is 1.48. The van der Waals surface area contributed by atoms with Gasteiger partial charge >= 0.3 is 0 Å². The van der Waals surface area contributed by atoms with Gasteiger partial charge in [-0.15, -0.1) is 6.42 Å². The van der Waals surface area contributed by atoms with Crippen molar-refractivity contribution in [1.82, 2.24) is 14.8 Å². The van der Waals surface area contributed by atoms with E-state index in [0.717, 1.165) is 0 Å². The number of rotatable bonds is 1. The Morgan fingerprint density at radius 3 is 3.12 bits per heavy atom. The summed E-state index contributed by atoms with van der Waals surface area (Å²) in [4.78, 5) is 3.67. The molecule has 0 spiro atoms. The first-order chi connectivity index (χ1) is 3.93. The summed E-state index contributed by atoms with van der Waals surface area (Å²) in [5, 5.41) is 3.71. The van der Waals surface area contributed by atoms with Crippen molar-refractivity contribution in [1.29, 1.82) is 0 Å². The summed E-state index contributed by atoms with van der Waals surface area (Å²) in [5.74, 6) is 2.31. The number of aromatic nitrogens is 3. The van der Waals surface area contributed by atoms with Gasteiger partial charge in [-0.2, -0.15) is 5.10 Å². The number of nitrogens with zero attached hydrogens (tertiary/aromatic N) is 3. The second-order valence-corrected chi connectivity index (χ2v) is 1.17. The Balaban J connectivity index is 2.67. The predicted molar refractivity (Wildman–Crippen MR) is 28.6 cm³/mol. The molecule has 1 heterocycles. The van der Waals surface area contributed by atoms with Gasteiger partial charge in [-0.3, -0.25) is 0 Å². The van der Waals surface area contributed by atoms with Gasteiger partial charge in [-0.1, -0.05) is 5.92 Å². The maximum absolute atomic E-state index is 4.93. The van der Waals surface area contributed by atoms with Crippen LogP contribution < -0.4 is 0 Å². The Bertz CT molecular complexity index is 182. The first-order valence-electron chi connectivity index (χ1n) is 2.07. The molecule has 1 radical (unpaired) electrons. The smallest absolute Gasteiger partial charge is 0.147 e. The highest BCUT2D eigenvalue weighted by atomic mass is 15.3. The lowest BCUT2D eigenvalue weighted by atomic mass is 10.7. The lowest BCUT2D eigenvalue weighted by molar-refractivity contribution is 0.840. The van der Waals surface area contributed by atoms with Gasteiger partial charge in [0, 0.05) is 0 Å². The summed E-state index contributed by atoms with van der Waals surface area (Å²) >= 11 is 0. The summed E-state index contributed by atoms with van der Waals surface area (Å²) in [6, 6.07) is 0. The van der Waals surface area contributed by atoms with Gasteiger partial charge in [0.05, 0.1) is 0 Å². The number of terminal acetylenes is 1. The highest BCUT2D eigenvalue weighted by molar-refractivity contribution is 5.00. The molecule has 0 atom stereocenters. The first kappa shape index (κ1) is 4.85. The zero-order valence-corrected chi connectivity index (χ0v) is 4.15. The van der Waals surface area contributed by atoms with Crippen LogP contribution >= 0.6 is 0 Å². The molecule has 0 aliphatic rings. The largest absolute Gasteiger partial charge is 0.235 e. The fourth-order valence-electron chi connectivity index (χ4n) is 0.360. The molecule has 0 aliphatic carbocycles. The Labute approximate surface area is 47.4 Å². The minimum Gasteiger partial charge on any atom is -0.235 e. The summed E-state index contributed by atoms with van der Waals surface area (Å²) in [7, 11) is 0. The molecule has 0 N–H and O–H groups in total. The minimum absolute atomic E-state index is 1.42. The molecule has 0 aliphatic heterocycles. The molecule has 1 aromatic heterocycles. The topological polar surface area (TPSA) is 30.7 Å². The highest BCUT2D eigenvalue weighted by Gasteiger charge is 1.82. The van der Waals surface area contributed by atoms with Gasteiger partial charge in [0.25, 0.3) is 0 Å². The van der Waals surface area contributed by atoms with Gasteiger partial charge < -0.3 is 0 Å². The molecule has 3 nitrogen and oxygen atoms in total. The molecule has 0 bridgehead atoms. The van der Waals surface area contributed by atoms with E-state index in [9.17, 15) is 0 Å². The summed E-state index contributed by atoms with van der Waals surface area (Å²) < 4.78 is 1.46. The van der Waals surface area contributed by atoms with E-state index in [0.29, 0.717) is 0 Å². The molecule has 1 rings (SSSR count). The van der Waals surface area contributed by atoms with Crippen LogP contribution in [-0.4, -0.2) is 14.8 Å². The second kappa shape index (κ2) is 2.12. The normalized spacial score (nSPS) is 8.38. The van der Waals surface area contributed by atoms with E-state index in [1.54, 1.807) is 0 Å². The van der Waals surface area contributed by atoms with Crippen molar-refractivity contribution in [3.05, 3.63) is 19.2 Å². The third-order valence-electron chi connectivity index (χ3n) is 0.643. The number of hydrogen-bond donors (Lipinski definition) is 0. The van der Waals surface area contributed by atoms with Crippen LogP contribution in [0.4, 0.5) is 0 Å². The summed E-state index contributed by atoms with van der Waals surface area (Å²) in [6.07, 6.45) is 7.88. The van der Waals surface area contributed by atoms with E-state index < -0.39 is 0 Å². The van der Waals surface area contributed by atoms with E-state index in [-0.39, 0.29) is 0 Å². The molecule has 3 heteroatoms. The van der Waals surface area contributed by atoms with Crippen molar-refractivity contribution in [3.63, 3.8) is 0 Å². The quantitative estimate of drug-likeness (QED) is 0.469. The Morgan fingerprint density at radius 1 is 1.75 bits per heavy atom. The Morgan fingerprint density at radius 2 is 2.62 bits per heavy atom. The van der Waals surface area contributed by atoms with Gasteiger partial charge in [0.15, 0.2) is 0 Å². The van der Waals surface area contributed by atoms with Crippen molar-refractivity contribution < 1.29 is 0 Å². The lowest BCUT2D eigenvalue weighted by Gasteiger charge is -1.84. The molecule has 0 saturated heterocycles.